The number of amides is 1. The molecule has 1 aliphatic heterocycles. The fraction of sp³-hybridized carbons (Fsp3) is 0.0588. The fourth-order valence-corrected chi connectivity index (χ4v) is 3.47. The van der Waals surface area contributed by atoms with Gasteiger partial charge in [-0.15, -0.1) is 0 Å². The van der Waals surface area contributed by atoms with Gasteiger partial charge in [0.2, 0.25) is 12.7 Å². The molecule has 1 amide bonds. The van der Waals surface area contributed by atoms with E-state index in [9.17, 15) is 4.79 Å². The zero-order chi connectivity index (χ0) is 16.5. The van der Waals surface area contributed by atoms with E-state index >= 15 is 0 Å². The lowest BCUT2D eigenvalue weighted by Crippen LogP contribution is -2.07. The van der Waals surface area contributed by atoms with E-state index in [1.54, 1.807) is 12.1 Å². The maximum atomic E-state index is 12.1. The molecule has 1 aromatic heterocycles. The second kappa shape index (κ2) is 6.14. The van der Waals surface area contributed by atoms with Crippen LogP contribution in [0.25, 0.3) is 16.3 Å². The van der Waals surface area contributed by atoms with Crippen molar-refractivity contribution in [3.8, 4) is 11.5 Å². The molecule has 4 rings (SSSR count). The van der Waals surface area contributed by atoms with Crippen LogP contribution in [0, 0.1) is 0 Å². The largest absolute Gasteiger partial charge is 0.454 e. The number of nitrogens with one attached hydrogen (secondary N) is 1. The third-order valence-corrected chi connectivity index (χ3v) is 4.66. The summed E-state index contributed by atoms with van der Waals surface area (Å²) < 4.78 is 11.5. The molecule has 5 nitrogen and oxygen atoms in total. The molecule has 0 aliphatic carbocycles. The Bertz CT molecular complexity index is 968. The minimum absolute atomic E-state index is 0.225. The Balaban J connectivity index is 1.48. The lowest BCUT2D eigenvalue weighted by Gasteiger charge is -1.98. The van der Waals surface area contributed by atoms with Crippen LogP contribution in [0.2, 0.25) is 5.02 Å². The average Bonchev–Trinajstić information content (AvgIpc) is 3.19. The lowest BCUT2D eigenvalue weighted by molar-refractivity contribution is -0.111. The Morgan fingerprint density at radius 2 is 2.12 bits per heavy atom. The summed E-state index contributed by atoms with van der Waals surface area (Å²) in [5, 5.41) is 3.83. The van der Waals surface area contributed by atoms with Crippen LogP contribution in [0.1, 0.15) is 5.56 Å². The first kappa shape index (κ1) is 15.0. The number of hydrogen-bond donors (Lipinski definition) is 1. The van der Waals surface area contributed by atoms with E-state index in [1.165, 1.54) is 17.4 Å². The highest BCUT2D eigenvalue weighted by atomic mass is 35.5. The first-order valence-electron chi connectivity index (χ1n) is 7.13. The summed E-state index contributed by atoms with van der Waals surface area (Å²) in [7, 11) is 0. The minimum atomic E-state index is -0.261. The molecule has 0 atom stereocenters. The Labute approximate surface area is 146 Å². The molecule has 2 heterocycles. The number of carbonyl (C=O) groups excluding carboxylic acids is 1. The van der Waals surface area contributed by atoms with Gasteiger partial charge in [-0.05, 0) is 35.9 Å². The number of thiazole rings is 1. The van der Waals surface area contributed by atoms with Crippen LogP contribution in [-0.2, 0) is 4.79 Å². The van der Waals surface area contributed by atoms with E-state index in [0.717, 1.165) is 10.3 Å². The van der Waals surface area contributed by atoms with Crippen molar-refractivity contribution in [2.45, 2.75) is 0 Å². The number of anilines is 1. The maximum absolute atomic E-state index is 12.1. The summed E-state index contributed by atoms with van der Waals surface area (Å²) >= 11 is 7.47. The van der Waals surface area contributed by atoms with Crippen molar-refractivity contribution in [1.82, 2.24) is 4.98 Å². The number of benzene rings is 2. The second-order valence-electron chi connectivity index (χ2n) is 5.04. The van der Waals surface area contributed by atoms with Crippen molar-refractivity contribution >= 4 is 50.3 Å². The molecule has 0 bridgehead atoms. The van der Waals surface area contributed by atoms with Gasteiger partial charge in [0.15, 0.2) is 16.6 Å². The van der Waals surface area contributed by atoms with Gasteiger partial charge in [0, 0.05) is 6.08 Å². The predicted octanol–water partition coefficient (Wildman–Crippen LogP) is 4.33. The predicted molar refractivity (Wildman–Crippen MR) is 94.9 cm³/mol. The van der Waals surface area contributed by atoms with Gasteiger partial charge in [-0.3, -0.25) is 10.1 Å². The van der Waals surface area contributed by atoms with Crippen molar-refractivity contribution in [2.24, 2.45) is 0 Å². The van der Waals surface area contributed by atoms with Gasteiger partial charge in [0.1, 0.15) is 5.52 Å². The maximum Gasteiger partial charge on any atom is 0.250 e. The van der Waals surface area contributed by atoms with Crippen molar-refractivity contribution in [1.29, 1.82) is 0 Å². The third kappa shape index (κ3) is 2.93. The van der Waals surface area contributed by atoms with Crippen LogP contribution in [0.15, 0.2) is 42.5 Å². The number of halogens is 1. The van der Waals surface area contributed by atoms with Crippen LogP contribution in [0.3, 0.4) is 0 Å². The summed E-state index contributed by atoms with van der Waals surface area (Å²) in [5.41, 5.74) is 1.54. The van der Waals surface area contributed by atoms with Gasteiger partial charge >= 0.3 is 0 Å². The Hall–Kier alpha value is -2.57. The Morgan fingerprint density at radius 1 is 1.25 bits per heavy atom. The number of aromatic nitrogens is 1. The van der Waals surface area contributed by atoms with Gasteiger partial charge in [-0.1, -0.05) is 35.1 Å². The molecular weight excluding hydrogens is 348 g/mol. The number of ether oxygens (including phenoxy) is 2. The van der Waals surface area contributed by atoms with Crippen molar-refractivity contribution in [3.05, 3.63) is 53.1 Å². The van der Waals surface area contributed by atoms with Crippen molar-refractivity contribution in [3.63, 3.8) is 0 Å². The van der Waals surface area contributed by atoms with Gasteiger partial charge < -0.3 is 9.47 Å². The normalized spacial score (nSPS) is 12.9. The summed E-state index contributed by atoms with van der Waals surface area (Å²) in [5.74, 6) is 1.13. The first-order chi connectivity index (χ1) is 11.7. The van der Waals surface area contributed by atoms with Crippen LogP contribution >= 0.6 is 22.9 Å². The molecular formula is C17H11ClN2O3S. The number of nitrogens with zero attached hydrogens (tertiary/aromatic N) is 1. The van der Waals surface area contributed by atoms with Gasteiger partial charge in [0.25, 0.3) is 0 Å². The van der Waals surface area contributed by atoms with E-state index in [-0.39, 0.29) is 12.7 Å². The van der Waals surface area contributed by atoms with Crippen LogP contribution in [-0.4, -0.2) is 17.7 Å². The second-order valence-corrected chi connectivity index (χ2v) is 6.48. The van der Waals surface area contributed by atoms with Crippen LogP contribution < -0.4 is 14.8 Å². The quantitative estimate of drug-likeness (QED) is 0.708. The van der Waals surface area contributed by atoms with Crippen LogP contribution in [0.5, 0.6) is 11.5 Å². The van der Waals surface area contributed by atoms with Gasteiger partial charge in [-0.2, -0.15) is 0 Å². The highest BCUT2D eigenvalue weighted by Gasteiger charge is 2.12. The number of rotatable bonds is 3. The summed E-state index contributed by atoms with van der Waals surface area (Å²) in [4.78, 5) is 16.4. The average molecular weight is 359 g/mol. The molecule has 0 spiro atoms. The number of hydrogen-bond acceptors (Lipinski definition) is 5. The first-order valence-corrected chi connectivity index (χ1v) is 8.32. The summed E-state index contributed by atoms with van der Waals surface area (Å²) in [6.45, 7) is 0.225. The smallest absolute Gasteiger partial charge is 0.250 e. The highest BCUT2D eigenvalue weighted by molar-refractivity contribution is 7.22. The zero-order valence-corrected chi connectivity index (χ0v) is 13.9. The van der Waals surface area contributed by atoms with E-state index in [0.29, 0.717) is 27.2 Å². The number of para-hydroxylation sites is 1. The minimum Gasteiger partial charge on any atom is -0.454 e. The summed E-state index contributed by atoms with van der Waals surface area (Å²) in [6, 6.07) is 11.0. The molecule has 120 valence electrons. The molecule has 0 saturated carbocycles. The zero-order valence-electron chi connectivity index (χ0n) is 12.3. The topological polar surface area (TPSA) is 60.5 Å². The van der Waals surface area contributed by atoms with E-state index in [4.69, 9.17) is 21.1 Å². The molecule has 0 fully saturated rings. The SMILES string of the molecule is O=C(/C=C/c1ccc2c(c1)OCO2)Nc1nc2c(Cl)cccc2s1. The Morgan fingerprint density at radius 3 is 3.00 bits per heavy atom. The van der Waals surface area contributed by atoms with Gasteiger partial charge in [0.05, 0.1) is 9.72 Å². The third-order valence-electron chi connectivity index (χ3n) is 3.42. The molecule has 0 saturated heterocycles. The fourth-order valence-electron chi connectivity index (χ4n) is 2.30. The highest BCUT2D eigenvalue weighted by Crippen LogP contribution is 2.33. The Kier molecular flexibility index (Phi) is 3.84. The lowest BCUT2D eigenvalue weighted by atomic mass is 10.2. The summed E-state index contributed by atoms with van der Waals surface area (Å²) in [6.07, 6.45) is 3.16. The molecule has 7 heteroatoms. The number of fused-ring (bicyclic) bond motifs is 2. The van der Waals surface area contributed by atoms with Gasteiger partial charge in [-0.25, -0.2) is 4.98 Å². The van der Waals surface area contributed by atoms with Crippen molar-refractivity contribution in [2.75, 3.05) is 12.1 Å². The molecule has 1 N–H and O–H groups in total. The molecule has 24 heavy (non-hydrogen) atoms. The standard InChI is InChI=1S/C17H11ClN2O3S/c18-11-2-1-3-14-16(11)20-17(24-14)19-15(21)7-5-10-4-6-12-13(8-10)23-9-22-12/h1-8H,9H2,(H,19,20,21)/b7-5+. The molecule has 3 aromatic rings. The number of carbonyl (C=O) groups is 1. The van der Waals surface area contributed by atoms with Crippen LogP contribution in [0.4, 0.5) is 5.13 Å². The molecule has 0 unspecified atom stereocenters. The molecule has 0 radical (unpaired) electrons. The van der Waals surface area contributed by atoms with E-state index < -0.39 is 0 Å². The molecule has 1 aliphatic rings. The molecule has 2 aromatic carbocycles. The van der Waals surface area contributed by atoms with E-state index in [2.05, 4.69) is 10.3 Å². The van der Waals surface area contributed by atoms with Crippen molar-refractivity contribution < 1.29 is 14.3 Å². The van der Waals surface area contributed by atoms with E-state index in [1.807, 2.05) is 30.3 Å². The monoisotopic (exact) mass is 358 g/mol.